The molecule has 0 radical (unpaired) electrons. The van der Waals surface area contributed by atoms with E-state index < -0.39 is 0 Å². The molecule has 0 spiro atoms. The van der Waals surface area contributed by atoms with Crippen molar-refractivity contribution in [3.05, 3.63) is 107 Å². The lowest BCUT2D eigenvalue weighted by molar-refractivity contribution is -0.151. The average molecular weight is 411 g/mol. The lowest BCUT2D eigenvalue weighted by atomic mass is 9.87. The van der Waals surface area contributed by atoms with Crippen LogP contribution in [-0.2, 0) is 22.5 Å². The minimum Gasteiger partial charge on any atom is -0.465 e. The molecule has 2 heterocycles. The molecule has 0 saturated carbocycles. The van der Waals surface area contributed by atoms with Crippen molar-refractivity contribution in [2.45, 2.75) is 32.0 Å². The largest absolute Gasteiger partial charge is 0.465 e. The number of nitrogens with one attached hydrogen (secondary N) is 1. The Morgan fingerprint density at radius 1 is 0.968 bits per heavy atom. The summed E-state index contributed by atoms with van der Waals surface area (Å²) in [5.74, 6) is -0.157. The SMILES string of the molecule is CCOC(=O)[C@@H]1Cc2c([nH]c3ccccc23)[C@@H](c2ccccc2)N1Cc1ccccc1. The first-order chi connectivity index (χ1) is 15.3. The standard InChI is InChI=1S/C27H26N2O2/c1-2-31-27(30)24-17-22-21-15-9-10-16-23(21)28-25(22)26(20-13-7-4-8-14-20)29(24)18-19-11-5-3-6-12-19/h3-16,24,26,28H,2,17-18H2,1H3/t24-,26+/m0/s1. The second-order valence-corrected chi connectivity index (χ2v) is 8.01. The lowest BCUT2D eigenvalue weighted by Crippen LogP contribution is -2.48. The van der Waals surface area contributed by atoms with E-state index in [0.717, 1.165) is 5.52 Å². The number of nitrogens with zero attached hydrogens (tertiary/aromatic N) is 1. The fraction of sp³-hybridized carbons (Fsp3) is 0.222. The topological polar surface area (TPSA) is 45.3 Å². The molecule has 4 aromatic rings. The highest BCUT2D eigenvalue weighted by Crippen LogP contribution is 2.41. The Bertz CT molecular complexity index is 1180. The number of aromatic amines is 1. The van der Waals surface area contributed by atoms with Crippen LogP contribution in [0, 0.1) is 0 Å². The number of fused-ring (bicyclic) bond motifs is 3. The highest BCUT2D eigenvalue weighted by atomic mass is 16.5. The van der Waals surface area contributed by atoms with E-state index in [1.54, 1.807) is 0 Å². The molecule has 156 valence electrons. The van der Waals surface area contributed by atoms with Crippen LogP contribution in [0.4, 0.5) is 0 Å². The van der Waals surface area contributed by atoms with Crippen LogP contribution in [0.2, 0.25) is 0 Å². The van der Waals surface area contributed by atoms with E-state index in [0.29, 0.717) is 19.6 Å². The number of hydrogen-bond donors (Lipinski definition) is 1. The number of rotatable bonds is 5. The first-order valence-electron chi connectivity index (χ1n) is 10.9. The van der Waals surface area contributed by atoms with E-state index in [2.05, 4.69) is 64.5 Å². The fourth-order valence-corrected chi connectivity index (χ4v) is 4.78. The third kappa shape index (κ3) is 3.64. The first-order valence-corrected chi connectivity index (χ1v) is 10.9. The number of benzene rings is 3. The maximum atomic E-state index is 13.2. The third-order valence-electron chi connectivity index (χ3n) is 6.13. The molecule has 1 aliphatic rings. The van der Waals surface area contributed by atoms with E-state index in [1.165, 1.54) is 27.8 Å². The molecule has 0 aliphatic carbocycles. The van der Waals surface area contributed by atoms with Gasteiger partial charge in [-0.05, 0) is 29.7 Å². The van der Waals surface area contributed by atoms with Crippen molar-refractivity contribution in [1.29, 1.82) is 0 Å². The van der Waals surface area contributed by atoms with Gasteiger partial charge in [0.2, 0.25) is 0 Å². The van der Waals surface area contributed by atoms with Crippen LogP contribution < -0.4 is 0 Å². The zero-order chi connectivity index (χ0) is 21.2. The summed E-state index contributed by atoms with van der Waals surface area (Å²) in [6.07, 6.45) is 0.633. The van der Waals surface area contributed by atoms with Crippen LogP contribution in [0.3, 0.4) is 0 Å². The van der Waals surface area contributed by atoms with E-state index >= 15 is 0 Å². The van der Waals surface area contributed by atoms with Crippen LogP contribution in [0.25, 0.3) is 10.9 Å². The summed E-state index contributed by atoms with van der Waals surface area (Å²) in [7, 11) is 0. The van der Waals surface area contributed by atoms with Crippen LogP contribution in [0.5, 0.6) is 0 Å². The molecule has 0 fully saturated rings. The molecule has 1 aliphatic heterocycles. The van der Waals surface area contributed by atoms with Crippen molar-refractivity contribution >= 4 is 16.9 Å². The van der Waals surface area contributed by atoms with Gasteiger partial charge in [-0.15, -0.1) is 0 Å². The quantitative estimate of drug-likeness (QED) is 0.457. The van der Waals surface area contributed by atoms with Crippen molar-refractivity contribution in [3.63, 3.8) is 0 Å². The molecule has 0 unspecified atom stereocenters. The van der Waals surface area contributed by atoms with Gasteiger partial charge in [-0.25, -0.2) is 0 Å². The van der Waals surface area contributed by atoms with Crippen molar-refractivity contribution < 1.29 is 9.53 Å². The molecule has 31 heavy (non-hydrogen) atoms. The average Bonchev–Trinajstić information content (AvgIpc) is 3.18. The number of ether oxygens (including phenoxy) is 1. The van der Waals surface area contributed by atoms with Crippen LogP contribution in [-0.4, -0.2) is 28.5 Å². The van der Waals surface area contributed by atoms with Crippen LogP contribution >= 0.6 is 0 Å². The Morgan fingerprint density at radius 2 is 1.65 bits per heavy atom. The maximum absolute atomic E-state index is 13.2. The zero-order valence-electron chi connectivity index (χ0n) is 17.6. The third-order valence-corrected chi connectivity index (χ3v) is 6.13. The van der Waals surface area contributed by atoms with Crippen LogP contribution in [0.15, 0.2) is 84.9 Å². The normalized spacial score (nSPS) is 18.6. The van der Waals surface area contributed by atoms with Gasteiger partial charge in [0, 0.05) is 29.6 Å². The van der Waals surface area contributed by atoms with E-state index in [4.69, 9.17) is 4.74 Å². The molecule has 4 nitrogen and oxygen atoms in total. The molecule has 2 atom stereocenters. The summed E-state index contributed by atoms with van der Waals surface area (Å²) in [4.78, 5) is 19.1. The van der Waals surface area contributed by atoms with Gasteiger partial charge in [-0.1, -0.05) is 78.9 Å². The van der Waals surface area contributed by atoms with E-state index in [9.17, 15) is 4.79 Å². The van der Waals surface area contributed by atoms with Gasteiger partial charge >= 0.3 is 5.97 Å². The van der Waals surface area contributed by atoms with Crippen molar-refractivity contribution in [1.82, 2.24) is 9.88 Å². The predicted octanol–water partition coefficient (Wildman–Crippen LogP) is 5.25. The Morgan fingerprint density at radius 3 is 2.39 bits per heavy atom. The first kappa shape index (κ1) is 19.6. The molecule has 0 amide bonds. The minimum absolute atomic E-state index is 0.0630. The van der Waals surface area contributed by atoms with Gasteiger partial charge in [0.25, 0.3) is 0 Å². The van der Waals surface area contributed by atoms with Gasteiger partial charge in [-0.3, -0.25) is 9.69 Å². The second-order valence-electron chi connectivity index (χ2n) is 8.01. The van der Waals surface area contributed by atoms with Crippen molar-refractivity contribution in [2.24, 2.45) is 0 Å². The molecule has 1 N–H and O–H groups in total. The molecule has 5 rings (SSSR count). The summed E-state index contributed by atoms with van der Waals surface area (Å²) in [5.41, 5.74) is 5.84. The number of esters is 1. The predicted molar refractivity (Wildman–Crippen MR) is 123 cm³/mol. The Hall–Kier alpha value is -3.37. The van der Waals surface area contributed by atoms with Gasteiger partial charge in [0.1, 0.15) is 6.04 Å². The van der Waals surface area contributed by atoms with Gasteiger partial charge in [-0.2, -0.15) is 0 Å². The smallest absolute Gasteiger partial charge is 0.323 e. The molecule has 0 saturated heterocycles. The molecule has 3 aromatic carbocycles. The Balaban J connectivity index is 1.69. The number of H-pyrrole nitrogens is 1. The zero-order valence-corrected chi connectivity index (χ0v) is 17.6. The summed E-state index contributed by atoms with van der Waals surface area (Å²) < 4.78 is 5.55. The molecule has 1 aromatic heterocycles. The second kappa shape index (κ2) is 8.40. The summed E-state index contributed by atoms with van der Waals surface area (Å²) >= 11 is 0. The number of hydrogen-bond acceptors (Lipinski definition) is 3. The summed E-state index contributed by atoms with van der Waals surface area (Å²) in [5, 5.41) is 1.19. The van der Waals surface area contributed by atoms with Crippen LogP contribution in [0.1, 0.15) is 35.3 Å². The highest BCUT2D eigenvalue weighted by molar-refractivity contribution is 5.87. The van der Waals surface area contributed by atoms with E-state index in [1.807, 2.05) is 37.3 Å². The van der Waals surface area contributed by atoms with Crippen molar-refractivity contribution in [2.75, 3.05) is 6.61 Å². The molecular formula is C27H26N2O2. The minimum atomic E-state index is -0.350. The van der Waals surface area contributed by atoms with Gasteiger partial charge < -0.3 is 9.72 Å². The lowest BCUT2D eigenvalue weighted by Gasteiger charge is -2.41. The number of carbonyl (C=O) groups excluding carboxylic acids is 1. The molecular weight excluding hydrogens is 384 g/mol. The van der Waals surface area contributed by atoms with Gasteiger partial charge in [0.15, 0.2) is 0 Å². The highest BCUT2D eigenvalue weighted by Gasteiger charge is 2.41. The number of carbonyl (C=O) groups is 1. The Kier molecular flexibility index (Phi) is 5.31. The monoisotopic (exact) mass is 410 g/mol. The van der Waals surface area contributed by atoms with E-state index in [-0.39, 0.29) is 18.1 Å². The summed E-state index contributed by atoms with van der Waals surface area (Å²) in [6.45, 7) is 2.91. The molecule has 4 heteroatoms. The Labute approximate surface area is 182 Å². The maximum Gasteiger partial charge on any atom is 0.323 e. The molecule has 0 bridgehead atoms. The number of para-hydroxylation sites is 1. The van der Waals surface area contributed by atoms with Gasteiger partial charge in [0.05, 0.1) is 12.6 Å². The summed E-state index contributed by atoms with van der Waals surface area (Å²) in [6, 6.07) is 28.7. The number of aromatic nitrogens is 1. The fourth-order valence-electron chi connectivity index (χ4n) is 4.78. The van der Waals surface area contributed by atoms with Crippen molar-refractivity contribution in [3.8, 4) is 0 Å².